The van der Waals surface area contributed by atoms with Crippen molar-refractivity contribution in [2.24, 2.45) is 5.41 Å². The van der Waals surface area contributed by atoms with Crippen LogP contribution in [0.2, 0.25) is 5.02 Å². The second-order valence-corrected chi connectivity index (χ2v) is 12.2. The number of hydrogen-bond acceptors (Lipinski definition) is 5. The molecule has 7 nitrogen and oxygen atoms in total. The fourth-order valence-corrected chi connectivity index (χ4v) is 5.11. The molecule has 1 aromatic carbocycles. The summed E-state index contributed by atoms with van der Waals surface area (Å²) in [5.41, 5.74) is 1.46. The fourth-order valence-electron chi connectivity index (χ4n) is 5.01. The Morgan fingerprint density at radius 3 is 2.39 bits per heavy atom. The molecule has 3 rings (SSSR count). The van der Waals surface area contributed by atoms with Crippen molar-refractivity contribution >= 4 is 23.4 Å². The van der Waals surface area contributed by atoms with Crippen molar-refractivity contribution in [1.29, 1.82) is 0 Å². The highest BCUT2D eigenvalue weighted by Crippen LogP contribution is 2.30. The molecule has 8 heteroatoms. The summed E-state index contributed by atoms with van der Waals surface area (Å²) in [5, 5.41) is 3.72. The van der Waals surface area contributed by atoms with Gasteiger partial charge in [0.25, 0.3) is 0 Å². The van der Waals surface area contributed by atoms with E-state index in [4.69, 9.17) is 21.1 Å². The number of nitrogens with zero attached hydrogens (tertiary/aromatic N) is 2. The van der Waals surface area contributed by atoms with Crippen molar-refractivity contribution in [3.63, 3.8) is 0 Å². The van der Waals surface area contributed by atoms with E-state index in [1.165, 1.54) is 6.92 Å². The third-order valence-electron chi connectivity index (χ3n) is 7.15. The van der Waals surface area contributed by atoms with E-state index in [1.807, 2.05) is 30.9 Å². The van der Waals surface area contributed by atoms with Crippen LogP contribution in [0.5, 0.6) is 5.75 Å². The van der Waals surface area contributed by atoms with Gasteiger partial charge in [-0.2, -0.15) is 0 Å². The van der Waals surface area contributed by atoms with E-state index in [1.54, 1.807) is 0 Å². The molecule has 2 fully saturated rings. The Bertz CT molecular complexity index is 901. The monoisotopic (exact) mass is 521 g/mol. The molecule has 2 heterocycles. The van der Waals surface area contributed by atoms with Gasteiger partial charge in [-0.1, -0.05) is 32.4 Å². The van der Waals surface area contributed by atoms with Gasteiger partial charge in [0.2, 0.25) is 11.8 Å². The number of amides is 2. The minimum absolute atomic E-state index is 0.0190. The average Bonchev–Trinajstić information content (AvgIpc) is 2.80. The van der Waals surface area contributed by atoms with Gasteiger partial charge in [-0.25, -0.2) is 0 Å². The summed E-state index contributed by atoms with van der Waals surface area (Å²) >= 11 is 6.35. The molecular weight excluding hydrogens is 478 g/mol. The van der Waals surface area contributed by atoms with E-state index >= 15 is 0 Å². The van der Waals surface area contributed by atoms with Gasteiger partial charge in [0.1, 0.15) is 18.0 Å². The number of benzene rings is 1. The lowest BCUT2D eigenvalue weighted by Crippen LogP contribution is -2.58. The molecule has 36 heavy (non-hydrogen) atoms. The molecule has 1 aromatic rings. The van der Waals surface area contributed by atoms with E-state index in [2.05, 4.69) is 31.0 Å². The molecule has 0 unspecified atom stereocenters. The molecular formula is C28H44ClN3O4. The predicted molar refractivity (Wildman–Crippen MR) is 144 cm³/mol. The van der Waals surface area contributed by atoms with Crippen LogP contribution in [0.25, 0.3) is 0 Å². The average molecular weight is 522 g/mol. The van der Waals surface area contributed by atoms with Gasteiger partial charge >= 0.3 is 0 Å². The predicted octanol–water partition coefficient (Wildman–Crippen LogP) is 4.36. The number of halogens is 1. The normalized spacial score (nSPS) is 21.9. The Kier molecular flexibility index (Phi) is 9.69. The number of nitrogens with one attached hydrogen (secondary N) is 1. The van der Waals surface area contributed by atoms with Crippen molar-refractivity contribution in [1.82, 2.24) is 15.1 Å². The first-order chi connectivity index (χ1) is 16.9. The zero-order valence-electron chi connectivity index (χ0n) is 22.9. The van der Waals surface area contributed by atoms with Gasteiger partial charge in [0.05, 0.1) is 13.0 Å². The van der Waals surface area contributed by atoms with Gasteiger partial charge in [-0.05, 0) is 68.3 Å². The maximum Gasteiger partial charge on any atom is 0.225 e. The molecule has 2 amide bonds. The van der Waals surface area contributed by atoms with Gasteiger partial charge < -0.3 is 19.7 Å². The standard InChI is InChI=1S/C28H44ClN3O4/c1-20-15-24(16-21(2)26(20)29)35-19-28(18-31(13-14-36-28)12-9-27(4,5)6)17-25(34)32-10-7-23(8-11-32)30-22(3)33/h15-16,23H,7-14,17-19H2,1-6H3,(H,30,33)/t28-/m1/s1. The van der Waals surface area contributed by atoms with Crippen molar-refractivity contribution in [2.75, 3.05) is 45.9 Å². The van der Waals surface area contributed by atoms with Gasteiger partial charge in [-0.3, -0.25) is 14.5 Å². The summed E-state index contributed by atoms with van der Waals surface area (Å²) < 4.78 is 12.7. The number of hydrogen-bond donors (Lipinski definition) is 1. The highest BCUT2D eigenvalue weighted by molar-refractivity contribution is 6.32. The Morgan fingerprint density at radius 2 is 1.81 bits per heavy atom. The third kappa shape index (κ3) is 8.35. The first-order valence-electron chi connectivity index (χ1n) is 13.2. The molecule has 0 radical (unpaired) electrons. The molecule has 1 atom stereocenters. The van der Waals surface area contributed by atoms with Crippen molar-refractivity contribution < 1.29 is 19.1 Å². The number of ether oxygens (including phenoxy) is 2. The SMILES string of the molecule is CC(=O)NC1CCN(C(=O)C[C@]2(COc3cc(C)c(Cl)c(C)c3)CN(CCC(C)(C)C)CCO2)CC1. The number of morpholine rings is 1. The van der Waals surface area contributed by atoms with Crippen molar-refractivity contribution in [3.8, 4) is 5.75 Å². The maximum atomic E-state index is 13.5. The molecule has 0 aliphatic carbocycles. The summed E-state index contributed by atoms with van der Waals surface area (Å²) in [7, 11) is 0. The zero-order valence-corrected chi connectivity index (χ0v) is 23.7. The van der Waals surface area contributed by atoms with Gasteiger partial charge in [0.15, 0.2) is 0 Å². The van der Waals surface area contributed by atoms with Crippen LogP contribution >= 0.6 is 11.6 Å². The van der Waals surface area contributed by atoms with Crippen LogP contribution in [-0.4, -0.2) is 79.2 Å². The Morgan fingerprint density at radius 1 is 1.17 bits per heavy atom. The van der Waals surface area contributed by atoms with Crippen LogP contribution in [0.1, 0.15) is 64.5 Å². The lowest BCUT2D eigenvalue weighted by Gasteiger charge is -2.44. The molecule has 0 spiro atoms. The smallest absolute Gasteiger partial charge is 0.225 e. The number of likely N-dealkylation sites (tertiary alicyclic amines) is 1. The molecule has 0 bridgehead atoms. The van der Waals surface area contributed by atoms with Crippen LogP contribution in [0.4, 0.5) is 0 Å². The number of carbonyl (C=O) groups is 2. The molecule has 0 aromatic heterocycles. The number of rotatable bonds is 8. The molecule has 1 N–H and O–H groups in total. The summed E-state index contributed by atoms with van der Waals surface area (Å²) in [5.74, 6) is 0.809. The summed E-state index contributed by atoms with van der Waals surface area (Å²) in [4.78, 5) is 29.2. The second kappa shape index (κ2) is 12.1. The highest BCUT2D eigenvalue weighted by atomic mass is 35.5. The minimum Gasteiger partial charge on any atom is -0.490 e. The molecule has 202 valence electrons. The van der Waals surface area contributed by atoms with Crippen molar-refractivity contribution in [2.45, 2.75) is 78.9 Å². The van der Waals surface area contributed by atoms with Gasteiger partial charge in [0, 0.05) is 44.2 Å². The zero-order chi connectivity index (χ0) is 26.5. The number of carbonyl (C=O) groups excluding carboxylic acids is 2. The van der Waals surface area contributed by atoms with Gasteiger partial charge in [-0.15, -0.1) is 0 Å². The first-order valence-corrected chi connectivity index (χ1v) is 13.5. The first kappa shape index (κ1) is 28.7. The lowest BCUT2D eigenvalue weighted by atomic mass is 9.91. The van der Waals surface area contributed by atoms with E-state index < -0.39 is 5.60 Å². The second-order valence-electron chi connectivity index (χ2n) is 11.8. The molecule has 2 aliphatic rings. The Labute approximate surface area is 221 Å². The maximum absolute atomic E-state index is 13.5. The van der Waals surface area contributed by atoms with Crippen LogP contribution in [0, 0.1) is 19.3 Å². The lowest BCUT2D eigenvalue weighted by molar-refractivity contribution is -0.157. The van der Waals surface area contributed by atoms with E-state index in [-0.39, 0.29) is 29.7 Å². The Hall–Kier alpha value is -1.83. The topological polar surface area (TPSA) is 71.1 Å². The summed E-state index contributed by atoms with van der Waals surface area (Å²) in [6.45, 7) is 16.9. The van der Waals surface area contributed by atoms with Crippen LogP contribution < -0.4 is 10.1 Å². The molecule has 0 saturated carbocycles. The van der Waals surface area contributed by atoms with Crippen LogP contribution in [0.3, 0.4) is 0 Å². The minimum atomic E-state index is -0.719. The van der Waals surface area contributed by atoms with E-state index in [0.717, 1.165) is 54.3 Å². The van der Waals surface area contributed by atoms with Crippen molar-refractivity contribution in [3.05, 3.63) is 28.3 Å². The van der Waals surface area contributed by atoms with Crippen LogP contribution in [0.15, 0.2) is 12.1 Å². The highest BCUT2D eigenvalue weighted by Gasteiger charge is 2.41. The largest absolute Gasteiger partial charge is 0.490 e. The van der Waals surface area contributed by atoms with E-state index in [0.29, 0.717) is 32.8 Å². The molecule has 2 aliphatic heterocycles. The van der Waals surface area contributed by atoms with Crippen LogP contribution in [-0.2, 0) is 14.3 Å². The summed E-state index contributed by atoms with van der Waals surface area (Å²) in [6, 6.07) is 4.02. The Balaban J connectivity index is 1.71. The number of piperidine rings is 1. The third-order valence-corrected chi connectivity index (χ3v) is 7.74. The quantitative estimate of drug-likeness (QED) is 0.550. The summed E-state index contributed by atoms with van der Waals surface area (Å²) in [6.07, 6.45) is 2.90. The molecule has 2 saturated heterocycles. The number of aryl methyl sites for hydroxylation is 2. The van der Waals surface area contributed by atoms with E-state index in [9.17, 15) is 9.59 Å². The fraction of sp³-hybridized carbons (Fsp3) is 0.714.